The normalized spacial score (nSPS) is 17.5. The highest BCUT2D eigenvalue weighted by Gasteiger charge is 2.35. The molecule has 0 radical (unpaired) electrons. The van der Waals surface area contributed by atoms with Gasteiger partial charge in [0.2, 0.25) is 5.91 Å². The first kappa shape index (κ1) is 14.0. The van der Waals surface area contributed by atoms with E-state index >= 15 is 0 Å². The van der Waals surface area contributed by atoms with E-state index in [1.54, 1.807) is 11.0 Å². The van der Waals surface area contributed by atoms with Gasteiger partial charge in [-0.25, -0.2) is 0 Å². The van der Waals surface area contributed by atoms with E-state index in [1.807, 2.05) is 42.5 Å². The number of carbonyl (C=O) groups is 2. The molecular formula is C17H14BrNO2. The molecule has 0 saturated carbocycles. The summed E-state index contributed by atoms with van der Waals surface area (Å²) >= 11 is 3.52. The second kappa shape index (κ2) is 5.45. The summed E-state index contributed by atoms with van der Waals surface area (Å²) in [5.41, 5.74) is 2.27. The number of nitrogens with zero attached hydrogens (tertiary/aromatic N) is 1. The van der Waals surface area contributed by atoms with Crippen molar-refractivity contribution < 1.29 is 9.59 Å². The number of anilines is 1. The zero-order chi connectivity index (χ0) is 15.0. The van der Waals surface area contributed by atoms with Crippen molar-refractivity contribution in [1.29, 1.82) is 0 Å². The molecule has 1 heterocycles. The van der Waals surface area contributed by atoms with Gasteiger partial charge in [-0.1, -0.05) is 46.3 Å². The Morgan fingerprint density at radius 3 is 2.52 bits per heavy atom. The van der Waals surface area contributed by atoms with Crippen LogP contribution in [0.3, 0.4) is 0 Å². The van der Waals surface area contributed by atoms with E-state index in [2.05, 4.69) is 15.9 Å². The number of para-hydroxylation sites is 1. The van der Waals surface area contributed by atoms with Crippen LogP contribution >= 0.6 is 15.9 Å². The Balaban J connectivity index is 2.17. The molecule has 4 heteroatoms. The van der Waals surface area contributed by atoms with Crippen LogP contribution in [0, 0.1) is 0 Å². The lowest BCUT2D eigenvalue weighted by Gasteiger charge is -2.36. The van der Waals surface area contributed by atoms with Gasteiger partial charge in [-0.2, -0.15) is 0 Å². The van der Waals surface area contributed by atoms with E-state index in [0.29, 0.717) is 17.7 Å². The molecule has 1 aliphatic heterocycles. The standard InChI is InChI=1S/C17H14BrNO2/c1-11(20)19-15-9-5-3-7-13(15)17(21)10-16(19)12-6-2-4-8-14(12)18/h2-9,16H,10H2,1H3/t16-/m0/s1. The summed E-state index contributed by atoms with van der Waals surface area (Å²) in [5, 5.41) is 0. The van der Waals surface area contributed by atoms with Crippen LogP contribution in [0.2, 0.25) is 0 Å². The summed E-state index contributed by atoms with van der Waals surface area (Å²) in [7, 11) is 0. The van der Waals surface area contributed by atoms with E-state index in [-0.39, 0.29) is 17.7 Å². The third-order valence-corrected chi connectivity index (χ3v) is 4.48. The van der Waals surface area contributed by atoms with Gasteiger partial charge in [0.25, 0.3) is 0 Å². The van der Waals surface area contributed by atoms with E-state index in [1.165, 1.54) is 6.92 Å². The van der Waals surface area contributed by atoms with Crippen molar-refractivity contribution in [3.05, 3.63) is 64.1 Å². The zero-order valence-electron chi connectivity index (χ0n) is 11.5. The number of fused-ring (bicyclic) bond motifs is 1. The second-order valence-corrected chi connectivity index (χ2v) is 5.93. The van der Waals surface area contributed by atoms with E-state index < -0.39 is 0 Å². The molecule has 0 fully saturated rings. The molecular weight excluding hydrogens is 330 g/mol. The fraction of sp³-hybridized carbons (Fsp3) is 0.176. The monoisotopic (exact) mass is 343 g/mol. The van der Waals surface area contributed by atoms with Crippen LogP contribution in [0.15, 0.2) is 53.0 Å². The number of hydrogen-bond acceptors (Lipinski definition) is 2. The van der Waals surface area contributed by atoms with Crippen LogP contribution in [0.5, 0.6) is 0 Å². The van der Waals surface area contributed by atoms with Crippen LogP contribution in [-0.2, 0) is 4.79 Å². The van der Waals surface area contributed by atoms with Gasteiger partial charge in [-0.05, 0) is 23.8 Å². The molecule has 0 spiro atoms. The maximum absolute atomic E-state index is 12.4. The van der Waals surface area contributed by atoms with Gasteiger partial charge in [0.15, 0.2) is 5.78 Å². The highest BCUT2D eigenvalue weighted by molar-refractivity contribution is 9.10. The summed E-state index contributed by atoms with van der Waals surface area (Å²) in [6.07, 6.45) is 0.305. The third kappa shape index (κ3) is 2.40. The topological polar surface area (TPSA) is 37.4 Å². The molecule has 21 heavy (non-hydrogen) atoms. The first-order chi connectivity index (χ1) is 10.1. The third-order valence-electron chi connectivity index (χ3n) is 3.76. The average molecular weight is 344 g/mol. The smallest absolute Gasteiger partial charge is 0.224 e. The van der Waals surface area contributed by atoms with E-state index in [9.17, 15) is 9.59 Å². The molecule has 3 nitrogen and oxygen atoms in total. The molecule has 1 amide bonds. The van der Waals surface area contributed by atoms with Gasteiger partial charge in [-0.15, -0.1) is 0 Å². The summed E-state index contributed by atoms with van der Waals surface area (Å²) in [6, 6.07) is 14.7. The predicted octanol–water partition coefficient (Wildman–Crippen LogP) is 4.13. The maximum Gasteiger partial charge on any atom is 0.224 e. The second-order valence-electron chi connectivity index (χ2n) is 5.07. The minimum atomic E-state index is -0.263. The Morgan fingerprint density at radius 2 is 1.81 bits per heavy atom. The lowest BCUT2D eigenvalue weighted by atomic mass is 9.90. The first-order valence-electron chi connectivity index (χ1n) is 6.76. The Labute approximate surface area is 131 Å². The zero-order valence-corrected chi connectivity index (χ0v) is 13.1. The van der Waals surface area contributed by atoms with Gasteiger partial charge >= 0.3 is 0 Å². The van der Waals surface area contributed by atoms with E-state index in [4.69, 9.17) is 0 Å². The van der Waals surface area contributed by atoms with Crippen molar-refractivity contribution >= 4 is 33.3 Å². The molecule has 0 saturated heterocycles. The summed E-state index contributed by atoms with van der Waals surface area (Å²) in [6.45, 7) is 1.54. The lowest BCUT2D eigenvalue weighted by Crippen LogP contribution is -2.39. The maximum atomic E-state index is 12.4. The molecule has 0 aromatic heterocycles. The highest BCUT2D eigenvalue weighted by atomic mass is 79.9. The van der Waals surface area contributed by atoms with Crippen LogP contribution in [0.25, 0.3) is 0 Å². The number of amides is 1. The minimum absolute atomic E-state index is 0.0595. The molecule has 0 unspecified atom stereocenters. The fourth-order valence-corrected chi connectivity index (χ4v) is 3.40. The van der Waals surface area contributed by atoms with Gasteiger partial charge in [0.05, 0.1) is 11.7 Å². The Hall–Kier alpha value is -1.94. The molecule has 0 N–H and O–H groups in total. The summed E-state index contributed by atoms with van der Waals surface area (Å²) in [4.78, 5) is 26.3. The highest BCUT2D eigenvalue weighted by Crippen LogP contribution is 2.40. The van der Waals surface area contributed by atoms with Crippen LogP contribution in [0.1, 0.15) is 35.3 Å². The molecule has 1 atom stereocenters. The fourth-order valence-electron chi connectivity index (χ4n) is 2.85. The lowest BCUT2D eigenvalue weighted by molar-refractivity contribution is -0.117. The van der Waals surface area contributed by atoms with Crippen molar-refractivity contribution in [2.75, 3.05) is 4.90 Å². The number of rotatable bonds is 1. The summed E-state index contributed by atoms with van der Waals surface area (Å²) < 4.78 is 0.911. The molecule has 2 aromatic rings. The van der Waals surface area contributed by atoms with Crippen LogP contribution < -0.4 is 4.90 Å². The number of benzene rings is 2. The van der Waals surface area contributed by atoms with Crippen LogP contribution in [0.4, 0.5) is 5.69 Å². The average Bonchev–Trinajstić information content (AvgIpc) is 2.47. The SMILES string of the molecule is CC(=O)N1c2ccccc2C(=O)C[C@H]1c1ccccc1Br. The number of halogens is 1. The van der Waals surface area contributed by atoms with Crippen molar-refractivity contribution in [2.45, 2.75) is 19.4 Å². The predicted molar refractivity (Wildman–Crippen MR) is 85.4 cm³/mol. The van der Waals surface area contributed by atoms with E-state index in [0.717, 1.165) is 10.0 Å². The summed E-state index contributed by atoms with van der Waals surface area (Å²) in [5.74, 6) is 0.0135. The number of Topliss-reactive ketones (excluding diaryl/α,β-unsaturated/α-hetero) is 1. The number of ketones is 1. The van der Waals surface area contributed by atoms with Crippen molar-refractivity contribution in [1.82, 2.24) is 0 Å². The van der Waals surface area contributed by atoms with Crippen molar-refractivity contribution in [2.24, 2.45) is 0 Å². The minimum Gasteiger partial charge on any atom is -0.304 e. The van der Waals surface area contributed by atoms with Gasteiger partial charge in [-0.3, -0.25) is 9.59 Å². The van der Waals surface area contributed by atoms with Crippen molar-refractivity contribution in [3.8, 4) is 0 Å². The molecule has 0 aliphatic carbocycles. The van der Waals surface area contributed by atoms with Gasteiger partial charge in [0.1, 0.15) is 0 Å². The van der Waals surface area contributed by atoms with Gasteiger partial charge in [0, 0.05) is 23.4 Å². The molecule has 3 rings (SSSR count). The molecule has 2 aromatic carbocycles. The number of hydrogen-bond donors (Lipinski definition) is 0. The van der Waals surface area contributed by atoms with Gasteiger partial charge < -0.3 is 4.90 Å². The number of carbonyl (C=O) groups excluding carboxylic acids is 2. The first-order valence-corrected chi connectivity index (χ1v) is 7.55. The largest absolute Gasteiger partial charge is 0.304 e. The Bertz CT molecular complexity index is 726. The Morgan fingerprint density at radius 1 is 1.14 bits per heavy atom. The quantitative estimate of drug-likeness (QED) is 0.780. The Kier molecular flexibility index (Phi) is 3.64. The molecule has 106 valence electrons. The van der Waals surface area contributed by atoms with Crippen molar-refractivity contribution in [3.63, 3.8) is 0 Å². The van der Waals surface area contributed by atoms with Crippen LogP contribution in [-0.4, -0.2) is 11.7 Å². The molecule has 1 aliphatic rings. The molecule has 0 bridgehead atoms.